The number of anilines is 3. The van der Waals surface area contributed by atoms with Crippen molar-refractivity contribution in [2.75, 3.05) is 42.7 Å². The quantitative estimate of drug-likeness (QED) is 0.432. The topological polar surface area (TPSA) is 137 Å². The second-order valence-electron chi connectivity index (χ2n) is 7.86. The molecule has 1 fully saturated rings. The van der Waals surface area contributed by atoms with Crippen LogP contribution in [-0.2, 0) is 4.74 Å². The van der Waals surface area contributed by atoms with Crippen molar-refractivity contribution in [3.63, 3.8) is 0 Å². The lowest BCUT2D eigenvalue weighted by molar-refractivity contribution is 0.0968. The maximum absolute atomic E-state index is 15.0. The van der Waals surface area contributed by atoms with Gasteiger partial charge in [0.1, 0.15) is 18.1 Å². The molecule has 0 atom stereocenters. The van der Waals surface area contributed by atoms with Gasteiger partial charge in [0.2, 0.25) is 5.88 Å². The number of hydrogen-bond acceptors (Lipinski definition) is 7. The van der Waals surface area contributed by atoms with Gasteiger partial charge in [-0.3, -0.25) is 5.32 Å². The van der Waals surface area contributed by atoms with Crippen molar-refractivity contribution in [1.82, 2.24) is 9.97 Å². The van der Waals surface area contributed by atoms with E-state index in [1.165, 1.54) is 25.5 Å². The van der Waals surface area contributed by atoms with E-state index in [0.29, 0.717) is 40.9 Å². The summed E-state index contributed by atoms with van der Waals surface area (Å²) in [5, 5.41) is 6.68. The molecule has 0 spiro atoms. The van der Waals surface area contributed by atoms with E-state index >= 15 is 4.39 Å². The fourth-order valence-electron chi connectivity index (χ4n) is 3.87. The Balaban J connectivity index is 0.000000376. The van der Waals surface area contributed by atoms with Crippen LogP contribution in [0.1, 0.15) is 24.8 Å². The number of benzene rings is 1. The van der Waals surface area contributed by atoms with Gasteiger partial charge in [-0.15, -0.1) is 0 Å². The second kappa shape index (κ2) is 9.86. The van der Waals surface area contributed by atoms with Crippen molar-refractivity contribution in [1.29, 1.82) is 0 Å². The molecule has 33 heavy (non-hydrogen) atoms. The zero-order valence-electron chi connectivity index (χ0n) is 18.4. The van der Waals surface area contributed by atoms with Crippen molar-refractivity contribution in [3.05, 3.63) is 35.9 Å². The highest BCUT2D eigenvalue weighted by Gasteiger charge is 2.21. The van der Waals surface area contributed by atoms with Crippen LogP contribution >= 0.6 is 0 Å². The molecule has 6 N–H and O–H groups in total. The van der Waals surface area contributed by atoms with Crippen LogP contribution in [-0.4, -0.2) is 42.4 Å². The number of pyridine rings is 2. The van der Waals surface area contributed by atoms with Crippen molar-refractivity contribution in [2.45, 2.75) is 26.2 Å². The molecule has 1 aromatic carbocycles. The molecule has 1 saturated heterocycles. The van der Waals surface area contributed by atoms with E-state index in [1.807, 2.05) is 6.92 Å². The standard InChI is InChI=1S/C18H17FN6O2.C5H10O/c1-8-11(6-24-17-16(8)22-2-3-27-17)10-4-9-5-13(25-18(21)26)23-7-12(9)15(20)14(10)19;1-2-4-6-5-3-1/h4-7,22H,2-3,20H2,1H3,(H3,21,23,25,26);1-5H2. The van der Waals surface area contributed by atoms with E-state index in [2.05, 4.69) is 20.6 Å². The maximum Gasteiger partial charge on any atom is 0.317 e. The summed E-state index contributed by atoms with van der Waals surface area (Å²) in [5.74, 6) is 0.192. The molecule has 3 aromatic rings. The molecule has 2 aromatic heterocycles. The monoisotopic (exact) mass is 454 g/mol. The first kappa shape index (κ1) is 22.5. The Hall–Kier alpha value is -3.66. The minimum atomic E-state index is -0.738. The second-order valence-corrected chi connectivity index (χ2v) is 7.86. The summed E-state index contributed by atoms with van der Waals surface area (Å²) in [6, 6.07) is 2.50. The van der Waals surface area contributed by atoms with Crippen LogP contribution in [0.25, 0.3) is 21.9 Å². The Bertz CT molecular complexity index is 1170. The number of halogens is 1. The molecule has 0 aliphatic carbocycles. The highest BCUT2D eigenvalue weighted by atomic mass is 19.1. The van der Waals surface area contributed by atoms with E-state index in [9.17, 15) is 4.79 Å². The van der Waals surface area contributed by atoms with Gasteiger partial charge in [-0.1, -0.05) is 0 Å². The number of hydrogen-bond donors (Lipinski definition) is 4. The lowest BCUT2D eigenvalue weighted by atomic mass is 9.97. The van der Waals surface area contributed by atoms with Crippen LogP contribution in [0.4, 0.5) is 26.4 Å². The normalized spacial score (nSPS) is 14.8. The molecule has 2 aliphatic heterocycles. The largest absolute Gasteiger partial charge is 0.474 e. The third-order valence-electron chi connectivity index (χ3n) is 5.56. The molecule has 4 heterocycles. The summed E-state index contributed by atoms with van der Waals surface area (Å²) in [5.41, 5.74) is 13.6. The average molecular weight is 455 g/mol. The van der Waals surface area contributed by atoms with Crippen molar-refractivity contribution < 1.29 is 18.7 Å². The fourth-order valence-corrected chi connectivity index (χ4v) is 3.87. The third kappa shape index (κ3) is 4.90. The van der Waals surface area contributed by atoms with Gasteiger partial charge in [-0.25, -0.2) is 19.2 Å². The zero-order chi connectivity index (χ0) is 23.4. The number of carbonyl (C=O) groups excluding carboxylic acids is 1. The smallest absolute Gasteiger partial charge is 0.317 e. The van der Waals surface area contributed by atoms with Gasteiger partial charge in [-0.05, 0) is 49.3 Å². The molecule has 2 aliphatic rings. The van der Waals surface area contributed by atoms with Crippen LogP contribution in [0.5, 0.6) is 5.88 Å². The number of nitrogens with one attached hydrogen (secondary N) is 2. The first-order valence-electron chi connectivity index (χ1n) is 10.8. The van der Waals surface area contributed by atoms with Gasteiger partial charge >= 0.3 is 6.03 Å². The third-order valence-corrected chi connectivity index (χ3v) is 5.56. The molecule has 0 radical (unpaired) electrons. The number of fused-ring (bicyclic) bond motifs is 2. The van der Waals surface area contributed by atoms with E-state index in [0.717, 1.165) is 24.5 Å². The maximum atomic E-state index is 15.0. The van der Waals surface area contributed by atoms with E-state index in [1.54, 1.807) is 18.3 Å². The van der Waals surface area contributed by atoms with Gasteiger partial charge in [0, 0.05) is 48.7 Å². The Morgan fingerprint density at radius 1 is 1.12 bits per heavy atom. The molecule has 2 amide bonds. The first-order chi connectivity index (χ1) is 16.0. The highest BCUT2D eigenvalue weighted by molar-refractivity contribution is 5.99. The van der Waals surface area contributed by atoms with Crippen LogP contribution in [0, 0.1) is 12.7 Å². The molecule has 5 rings (SSSR count). The van der Waals surface area contributed by atoms with Crippen molar-refractivity contribution >= 4 is 34.0 Å². The molecule has 0 bridgehead atoms. The number of urea groups is 1. The molecular weight excluding hydrogens is 427 g/mol. The fraction of sp³-hybridized carbons (Fsp3) is 0.348. The predicted octanol–water partition coefficient (Wildman–Crippen LogP) is 3.81. The van der Waals surface area contributed by atoms with E-state index in [4.69, 9.17) is 20.9 Å². The number of nitrogens with two attached hydrogens (primary N) is 2. The van der Waals surface area contributed by atoms with Crippen LogP contribution < -0.4 is 26.8 Å². The summed E-state index contributed by atoms with van der Waals surface area (Å²) >= 11 is 0. The van der Waals surface area contributed by atoms with Crippen LogP contribution in [0.3, 0.4) is 0 Å². The number of nitrogen functional groups attached to an aromatic ring is 1. The van der Waals surface area contributed by atoms with Gasteiger partial charge in [0.05, 0.1) is 5.69 Å². The molecular formula is C23H27FN6O3. The summed E-state index contributed by atoms with van der Waals surface area (Å²) in [6.07, 6.45) is 6.89. The van der Waals surface area contributed by atoms with Crippen molar-refractivity contribution in [2.24, 2.45) is 5.73 Å². The number of primary amides is 1. The lowest BCUT2D eigenvalue weighted by Crippen LogP contribution is -2.20. The number of aromatic nitrogens is 2. The molecule has 0 unspecified atom stereocenters. The Kier molecular flexibility index (Phi) is 6.74. The minimum absolute atomic E-state index is 0.0260. The zero-order valence-corrected chi connectivity index (χ0v) is 18.4. The summed E-state index contributed by atoms with van der Waals surface area (Å²) in [6.45, 7) is 5.04. The minimum Gasteiger partial charge on any atom is -0.474 e. The van der Waals surface area contributed by atoms with Crippen LogP contribution in [0.15, 0.2) is 24.5 Å². The van der Waals surface area contributed by atoms with E-state index < -0.39 is 11.8 Å². The molecule has 9 nitrogen and oxygen atoms in total. The average Bonchev–Trinajstić information content (AvgIpc) is 2.83. The number of carbonyl (C=O) groups is 1. The highest BCUT2D eigenvalue weighted by Crippen LogP contribution is 2.39. The number of amides is 2. The van der Waals surface area contributed by atoms with Gasteiger partial charge in [0.25, 0.3) is 0 Å². The number of ether oxygens (including phenoxy) is 2. The van der Waals surface area contributed by atoms with Crippen LogP contribution in [0.2, 0.25) is 0 Å². The Morgan fingerprint density at radius 2 is 1.91 bits per heavy atom. The number of nitrogens with zero attached hydrogens (tertiary/aromatic N) is 2. The van der Waals surface area contributed by atoms with Gasteiger partial charge in [0.15, 0.2) is 5.82 Å². The molecule has 10 heteroatoms. The van der Waals surface area contributed by atoms with Gasteiger partial charge in [-0.2, -0.15) is 0 Å². The molecule has 174 valence electrons. The van der Waals surface area contributed by atoms with Gasteiger partial charge < -0.3 is 26.3 Å². The predicted molar refractivity (Wildman–Crippen MR) is 126 cm³/mol. The first-order valence-corrected chi connectivity index (χ1v) is 10.8. The molecule has 0 saturated carbocycles. The lowest BCUT2D eigenvalue weighted by Gasteiger charge is -2.22. The summed E-state index contributed by atoms with van der Waals surface area (Å²) in [4.78, 5) is 19.4. The van der Waals surface area contributed by atoms with Crippen molar-refractivity contribution in [3.8, 4) is 17.0 Å². The summed E-state index contributed by atoms with van der Waals surface area (Å²) in [7, 11) is 0. The Labute approximate surface area is 190 Å². The summed E-state index contributed by atoms with van der Waals surface area (Å²) < 4.78 is 25.6. The van der Waals surface area contributed by atoms with E-state index in [-0.39, 0.29) is 11.5 Å². The number of rotatable bonds is 2. The Morgan fingerprint density at radius 3 is 2.58 bits per heavy atom. The SMILES string of the molecule is C1CCOCC1.Cc1c(-c2cc3cc(NC(N)=O)ncc3c(N)c2F)cnc2c1NCCO2.